The second-order valence-corrected chi connectivity index (χ2v) is 14.6. The molecule has 0 aromatic rings. The van der Waals surface area contributed by atoms with Crippen molar-refractivity contribution in [1.82, 2.24) is 0 Å². The molecule has 0 spiro atoms. The van der Waals surface area contributed by atoms with Gasteiger partial charge in [-0.05, 0) is 64.2 Å². The summed E-state index contributed by atoms with van der Waals surface area (Å²) < 4.78 is 16.6. The van der Waals surface area contributed by atoms with Gasteiger partial charge < -0.3 is 14.2 Å². The Balaban J connectivity index is 4.38. The Morgan fingerprint density at radius 3 is 1.06 bits per heavy atom. The highest BCUT2D eigenvalue weighted by Gasteiger charge is 2.19. The summed E-state index contributed by atoms with van der Waals surface area (Å²) in [7, 11) is 0. The number of unbranched alkanes of at least 4 members (excludes halogenated alkanes) is 24. The van der Waals surface area contributed by atoms with Crippen molar-refractivity contribution in [1.29, 1.82) is 0 Å². The SMILES string of the molecule is CCCC/C=C\CCCCCCC(=O)OC(COC(=O)CCCCC/C=C\CCCCCCCC)COC(=O)CCCCCCCCCCCC. The Morgan fingerprint density at radius 2 is 0.667 bits per heavy atom. The van der Waals surface area contributed by atoms with Crippen LogP contribution in [0.4, 0.5) is 0 Å². The molecule has 0 aliphatic rings. The van der Waals surface area contributed by atoms with Gasteiger partial charge in [0.05, 0.1) is 0 Å². The maximum atomic E-state index is 12.6. The lowest BCUT2D eigenvalue weighted by molar-refractivity contribution is -0.167. The molecule has 0 aliphatic carbocycles. The first kappa shape index (κ1) is 48.9. The van der Waals surface area contributed by atoms with Crippen LogP contribution in [0.1, 0.15) is 226 Å². The van der Waals surface area contributed by atoms with Crippen LogP contribution in [0.5, 0.6) is 0 Å². The summed E-state index contributed by atoms with van der Waals surface area (Å²) in [6.45, 7) is 6.54. The van der Waals surface area contributed by atoms with Crippen molar-refractivity contribution in [3.05, 3.63) is 24.3 Å². The van der Waals surface area contributed by atoms with Gasteiger partial charge in [0.15, 0.2) is 6.10 Å². The standard InChI is InChI=1S/C45H82O6/c1-4-7-10-13-16-19-22-23-24-27-29-32-35-38-44(47)50-41-42(51-45(48)39-36-33-30-26-21-18-15-12-9-6-3)40-49-43(46)37-34-31-28-25-20-17-14-11-8-5-2/h15,18,23-24,42H,4-14,16-17,19-22,25-41H2,1-3H3/b18-15-,24-23-. The molecule has 0 aromatic carbocycles. The molecule has 0 aliphatic heterocycles. The molecule has 298 valence electrons. The second kappa shape index (κ2) is 40.7. The van der Waals surface area contributed by atoms with Crippen LogP contribution in [0.15, 0.2) is 24.3 Å². The van der Waals surface area contributed by atoms with Gasteiger partial charge in [-0.25, -0.2) is 0 Å². The average Bonchev–Trinajstić information content (AvgIpc) is 3.12. The normalized spacial score (nSPS) is 12.1. The zero-order valence-corrected chi connectivity index (χ0v) is 33.9. The van der Waals surface area contributed by atoms with Crippen LogP contribution in [0, 0.1) is 0 Å². The van der Waals surface area contributed by atoms with E-state index in [0.29, 0.717) is 19.3 Å². The van der Waals surface area contributed by atoms with Gasteiger partial charge in [0.2, 0.25) is 0 Å². The van der Waals surface area contributed by atoms with E-state index in [1.807, 2.05) is 0 Å². The van der Waals surface area contributed by atoms with Crippen LogP contribution in [0.2, 0.25) is 0 Å². The molecule has 0 bridgehead atoms. The average molecular weight is 719 g/mol. The maximum absolute atomic E-state index is 12.6. The summed E-state index contributed by atoms with van der Waals surface area (Å²) in [6.07, 6.45) is 43.0. The van der Waals surface area contributed by atoms with Crippen molar-refractivity contribution in [2.75, 3.05) is 13.2 Å². The molecule has 1 unspecified atom stereocenters. The van der Waals surface area contributed by atoms with Gasteiger partial charge in [0.25, 0.3) is 0 Å². The van der Waals surface area contributed by atoms with Crippen molar-refractivity contribution in [2.24, 2.45) is 0 Å². The van der Waals surface area contributed by atoms with Crippen LogP contribution < -0.4 is 0 Å². The number of carbonyl (C=O) groups excluding carboxylic acids is 3. The summed E-state index contributed by atoms with van der Waals surface area (Å²) >= 11 is 0. The first-order valence-electron chi connectivity index (χ1n) is 21.8. The summed E-state index contributed by atoms with van der Waals surface area (Å²) in [4.78, 5) is 37.6. The molecule has 6 nitrogen and oxygen atoms in total. The largest absolute Gasteiger partial charge is 0.462 e. The van der Waals surface area contributed by atoms with Crippen molar-refractivity contribution < 1.29 is 28.6 Å². The first-order valence-corrected chi connectivity index (χ1v) is 21.8. The third-order valence-corrected chi connectivity index (χ3v) is 9.43. The quantitative estimate of drug-likeness (QED) is 0.0272. The lowest BCUT2D eigenvalue weighted by Gasteiger charge is -2.18. The number of ether oxygens (including phenoxy) is 3. The van der Waals surface area contributed by atoms with Gasteiger partial charge in [-0.15, -0.1) is 0 Å². The Labute approximate surface area is 315 Å². The van der Waals surface area contributed by atoms with Gasteiger partial charge in [0, 0.05) is 19.3 Å². The van der Waals surface area contributed by atoms with E-state index in [2.05, 4.69) is 45.1 Å². The molecular weight excluding hydrogens is 636 g/mol. The molecule has 1 atom stereocenters. The van der Waals surface area contributed by atoms with Crippen LogP contribution in [0.3, 0.4) is 0 Å². The number of esters is 3. The number of rotatable bonds is 39. The minimum absolute atomic E-state index is 0.0783. The number of hydrogen-bond donors (Lipinski definition) is 0. The first-order chi connectivity index (χ1) is 25.0. The van der Waals surface area contributed by atoms with Crippen molar-refractivity contribution in [2.45, 2.75) is 232 Å². The van der Waals surface area contributed by atoms with Crippen LogP contribution in [0.25, 0.3) is 0 Å². The zero-order valence-electron chi connectivity index (χ0n) is 33.9. The van der Waals surface area contributed by atoms with E-state index in [4.69, 9.17) is 14.2 Å². The van der Waals surface area contributed by atoms with E-state index >= 15 is 0 Å². The molecule has 0 fully saturated rings. The molecule has 6 heteroatoms. The van der Waals surface area contributed by atoms with Gasteiger partial charge in [-0.2, -0.15) is 0 Å². The number of hydrogen-bond acceptors (Lipinski definition) is 6. The lowest BCUT2D eigenvalue weighted by Crippen LogP contribution is -2.30. The van der Waals surface area contributed by atoms with Gasteiger partial charge >= 0.3 is 17.9 Å². The summed E-state index contributed by atoms with van der Waals surface area (Å²) in [6, 6.07) is 0. The van der Waals surface area contributed by atoms with E-state index in [1.165, 1.54) is 96.3 Å². The highest BCUT2D eigenvalue weighted by Crippen LogP contribution is 2.13. The molecule has 0 N–H and O–H groups in total. The maximum Gasteiger partial charge on any atom is 0.306 e. The van der Waals surface area contributed by atoms with Crippen LogP contribution >= 0.6 is 0 Å². The topological polar surface area (TPSA) is 78.9 Å². The van der Waals surface area contributed by atoms with Gasteiger partial charge in [-0.1, -0.05) is 167 Å². The molecule has 0 rings (SSSR count). The predicted molar refractivity (Wildman–Crippen MR) is 215 cm³/mol. The summed E-state index contributed by atoms with van der Waals surface area (Å²) in [5.41, 5.74) is 0. The molecular formula is C45H82O6. The molecule has 0 radical (unpaired) electrons. The van der Waals surface area contributed by atoms with Crippen LogP contribution in [-0.4, -0.2) is 37.2 Å². The van der Waals surface area contributed by atoms with E-state index in [-0.39, 0.29) is 31.1 Å². The predicted octanol–water partition coefficient (Wildman–Crippen LogP) is 13.6. The Morgan fingerprint density at radius 1 is 0.373 bits per heavy atom. The molecule has 0 amide bonds. The molecule has 51 heavy (non-hydrogen) atoms. The molecule has 0 aromatic heterocycles. The summed E-state index contributed by atoms with van der Waals surface area (Å²) in [5, 5.41) is 0. The Bertz CT molecular complexity index is 835. The van der Waals surface area contributed by atoms with E-state index < -0.39 is 6.10 Å². The third-order valence-electron chi connectivity index (χ3n) is 9.43. The van der Waals surface area contributed by atoms with E-state index in [9.17, 15) is 14.4 Å². The van der Waals surface area contributed by atoms with E-state index in [0.717, 1.165) is 89.9 Å². The highest BCUT2D eigenvalue weighted by molar-refractivity contribution is 5.71. The van der Waals surface area contributed by atoms with E-state index in [1.54, 1.807) is 0 Å². The molecule has 0 heterocycles. The second-order valence-electron chi connectivity index (χ2n) is 14.6. The Kier molecular flexibility index (Phi) is 39.0. The van der Waals surface area contributed by atoms with Crippen molar-refractivity contribution in [3.8, 4) is 0 Å². The fourth-order valence-corrected chi connectivity index (χ4v) is 6.06. The van der Waals surface area contributed by atoms with Crippen molar-refractivity contribution in [3.63, 3.8) is 0 Å². The summed E-state index contributed by atoms with van der Waals surface area (Å²) in [5.74, 6) is -0.910. The minimum Gasteiger partial charge on any atom is -0.462 e. The fraction of sp³-hybridized carbons (Fsp3) is 0.844. The highest BCUT2D eigenvalue weighted by atomic mass is 16.6. The molecule has 0 saturated carbocycles. The fourth-order valence-electron chi connectivity index (χ4n) is 6.06. The van der Waals surface area contributed by atoms with Crippen molar-refractivity contribution >= 4 is 17.9 Å². The van der Waals surface area contributed by atoms with Gasteiger partial charge in [0.1, 0.15) is 13.2 Å². The number of allylic oxidation sites excluding steroid dienone is 4. The van der Waals surface area contributed by atoms with Gasteiger partial charge in [-0.3, -0.25) is 14.4 Å². The third kappa shape index (κ3) is 38.9. The lowest BCUT2D eigenvalue weighted by atomic mass is 10.1. The monoisotopic (exact) mass is 719 g/mol. The zero-order chi connectivity index (χ0) is 37.3. The molecule has 0 saturated heterocycles. The Hall–Kier alpha value is -2.11. The number of carbonyl (C=O) groups is 3. The van der Waals surface area contributed by atoms with Crippen LogP contribution in [-0.2, 0) is 28.6 Å². The smallest absolute Gasteiger partial charge is 0.306 e. The minimum atomic E-state index is -0.775.